The van der Waals surface area contributed by atoms with Gasteiger partial charge >= 0.3 is 0 Å². The zero-order valence-electron chi connectivity index (χ0n) is 9.71. The van der Waals surface area contributed by atoms with Gasteiger partial charge < -0.3 is 10.6 Å². The summed E-state index contributed by atoms with van der Waals surface area (Å²) in [7, 11) is 0. The Labute approximate surface area is 116 Å². The van der Waals surface area contributed by atoms with Crippen LogP contribution in [0.4, 0.5) is 10.1 Å². The topological polar surface area (TPSA) is 41.1 Å². The van der Waals surface area contributed by atoms with Crippen LogP contribution in [0.2, 0.25) is 5.02 Å². The Morgan fingerprint density at radius 2 is 2.22 bits per heavy atom. The number of anilines is 1. The molecule has 2 rings (SSSR count). The van der Waals surface area contributed by atoms with E-state index in [1.165, 1.54) is 12.1 Å². The molecule has 1 aromatic rings. The smallest absolute Gasteiger partial charge is 0.241 e. The largest absolute Gasteiger partial charge is 0.322 e. The van der Waals surface area contributed by atoms with E-state index in [0.717, 1.165) is 25.8 Å². The maximum atomic E-state index is 13.5. The predicted molar refractivity (Wildman–Crippen MR) is 72.9 cm³/mol. The Morgan fingerprint density at radius 3 is 2.83 bits per heavy atom. The third kappa shape index (κ3) is 3.83. The molecule has 3 nitrogen and oxygen atoms in total. The Bertz CT molecular complexity index is 423. The molecule has 0 bridgehead atoms. The van der Waals surface area contributed by atoms with Crippen molar-refractivity contribution >= 4 is 35.6 Å². The fourth-order valence-corrected chi connectivity index (χ4v) is 2.05. The molecule has 0 aliphatic carbocycles. The van der Waals surface area contributed by atoms with E-state index in [0.29, 0.717) is 5.02 Å². The van der Waals surface area contributed by atoms with Gasteiger partial charge in [0.1, 0.15) is 5.82 Å². The normalized spacial score (nSPS) is 18.9. The van der Waals surface area contributed by atoms with Crippen molar-refractivity contribution in [2.45, 2.75) is 25.3 Å². The molecule has 0 aromatic heterocycles. The summed E-state index contributed by atoms with van der Waals surface area (Å²) in [5.41, 5.74) is 0.173. The van der Waals surface area contributed by atoms with Crippen LogP contribution in [0.3, 0.4) is 0 Å². The first-order valence-corrected chi connectivity index (χ1v) is 6.04. The highest BCUT2D eigenvalue weighted by atomic mass is 35.5. The van der Waals surface area contributed by atoms with Gasteiger partial charge in [0.25, 0.3) is 0 Å². The second-order valence-electron chi connectivity index (χ2n) is 4.12. The number of hydrogen-bond acceptors (Lipinski definition) is 2. The number of carbonyl (C=O) groups is 1. The molecule has 100 valence electrons. The number of halogens is 3. The van der Waals surface area contributed by atoms with E-state index in [9.17, 15) is 9.18 Å². The van der Waals surface area contributed by atoms with Crippen LogP contribution in [0, 0.1) is 5.82 Å². The van der Waals surface area contributed by atoms with Crippen LogP contribution < -0.4 is 10.6 Å². The lowest BCUT2D eigenvalue weighted by molar-refractivity contribution is -0.118. The molecule has 1 unspecified atom stereocenters. The summed E-state index contributed by atoms with van der Waals surface area (Å²) in [6, 6.07) is 3.98. The molecule has 18 heavy (non-hydrogen) atoms. The van der Waals surface area contributed by atoms with Crippen LogP contribution in [-0.4, -0.2) is 18.5 Å². The zero-order chi connectivity index (χ0) is 12.3. The molecular formula is C12H15Cl2FN2O. The fourth-order valence-electron chi connectivity index (χ4n) is 1.89. The number of benzene rings is 1. The average molecular weight is 293 g/mol. The monoisotopic (exact) mass is 292 g/mol. The van der Waals surface area contributed by atoms with Gasteiger partial charge in [-0.2, -0.15) is 0 Å². The second kappa shape index (κ2) is 6.92. The summed E-state index contributed by atoms with van der Waals surface area (Å²) in [4.78, 5) is 11.8. The Morgan fingerprint density at radius 1 is 1.44 bits per heavy atom. The summed E-state index contributed by atoms with van der Waals surface area (Å²) in [5.74, 6) is -0.701. The number of piperidine rings is 1. The molecule has 6 heteroatoms. The van der Waals surface area contributed by atoms with Gasteiger partial charge in [-0.1, -0.05) is 18.0 Å². The third-order valence-corrected chi connectivity index (χ3v) is 3.05. The molecule has 1 saturated heterocycles. The van der Waals surface area contributed by atoms with Crippen LogP contribution in [0.25, 0.3) is 0 Å². The van der Waals surface area contributed by atoms with Crippen LogP contribution in [0.15, 0.2) is 18.2 Å². The summed E-state index contributed by atoms with van der Waals surface area (Å²) in [6.45, 7) is 0.835. The highest BCUT2D eigenvalue weighted by Gasteiger charge is 2.21. The van der Waals surface area contributed by atoms with Crippen molar-refractivity contribution in [1.82, 2.24) is 5.32 Å². The molecule has 1 fully saturated rings. The molecule has 0 spiro atoms. The summed E-state index contributed by atoms with van der Waals surface area (Å²) >= 11 is 5.64. The molecule has 1 atom stereocenters. The maximum absolute atomic E-state index is 13.5. The Hall–Kier alpha value is -0.840. The van der Waals surface area contributed by atoms with Gasteiger partial charge in [-0.05, 0) is 37.6 Å². The molecule has 1 heterocycles. The number of hydrogen-bond donors (Lipinski definition) is 2. The molecular weight excluding hydrogens is 278 g/mol. The van der Waals surface area contributed by atoms with Crippen molar-refractivity contribution in [1.29, 1.82) is 0 Å². The lowest BCUT2D eigenvalue weighted by Crippen LogP contribution is -2.43. The first-order valence-electron chi connectivity index (χ1n) is 5.66. The van der Waals surface area contributed by atoms with E-state index < -0.39 is 5.82 Å². The van der Waals surface area contributed by atoms with Crippen molar-refractivity contribution in [3.8, 4) is 0 Å². The predicted octanol–water partition coefficient (Wildman–Crippen LogP) is 2.98. The van der Waals surface area contributed by atoms with Gasteiger partial charge in [-0.15, -0.1) is 12.4 Å². The van der Waals surface area contributed by atoms with Crippen LogP contribution in [-0.2, 0) is 4.79 Å². The van der Waals surface area contributed by atoms with Crippen molar-refractivity contribution < 1.29 is 9.18 Å². The lowest BCUT2D eigenvalue weighted by atomic mass is 10.0. The van der Waals surface area contributed by atoms with Crippen molar-refractivity contribution in [2.75, 3.05) is 11.9 Å². The van der Waals surface area contributed by atoms with Gasteiger partial charge in [-0.25, -0.2) is 4.39 Å². The first kappa shape index (κ1) is 15.2. The Balaban J connectivity index is 0.00000162. The third-order valence-electron chi connectivity index (χ3n) is 2.82. The molecule has 1 aromatic carbocycles. The molecule has 1 aliphatic heterocycles. The van der Waals surface area contributed by atoms with E-state index in [2.05, 4.69) is 10.6 Å². The highest BCUT2D eigenvalue weighted by molar-refractivity contribution is 6.30. The SMILES string of the molecule is Cl.O=C(Nc1ccc(Cl)cc1F)C1CCCCN1. The van der Waals surface area contributed by atoms with Crippen LogP contribution >= 0.6 is 24.0 Å². The molecule has 0 saturated carbocycles. The number of carbonyl (C=O) groups excluding carboxylic acids is 1. The van der Waals surface area contributed by atoms with Crippen LogP contribution in [0.1, 0.15) is 19.3 Å². The molecule has 0 radical (unpaired) electrons. The van der Waals surface area contributed by atoms with Crippen molar-refractivity contribution in [3.63, 3.8) is 0 Å². The molecule has 2 N–H and O–H groups in total. The van der Waals surface area contributed by atoms with Gasteiger partial charge in [0.2, 0.25) is 5.91 Å². The van der Waals surface area contributed by atoms with Crippen molar-refractivity contribution in [2.24, 2.45) is 0 Å². The Kier molecular flexibility index (Phi) is 5.85. The number of rotatable bonds is 2. The minimum absolute atomic E-state index is 0. The first-order chi connectivity index (χ1) is 8.16. The zero-order valence-corrected chi connectivity index (χ0v) is 11.3. The van der Waals surface area contributed by atoms with Gasteiger partial charge in [-0.3, -0.25) is 4.79 Å². The van der Waals surface area contributed by atoms with E-state index in [1.54, 1.807) is 6.07 Å². The number of amides is 1. The number of nitrogens with one attached hydrogen (secondary N) is 2. The maximum Gasteiger partial charge on any atom is 0.241 e. The van der Waals surface area contributed by atoms with Crippen molar-refractivity contribution in [3.05, 3.63) is 29.0 Å². The highest BCUT2D eigenvalue weighted by Crippen LogP contribution is 2.19. The van der Waals surface area contributed by atoms with Crippen LogP contribution in [0.5, 0.6) is 0 Å². The minimum Gasteiger partial charge on any atom is -0.322 e. The van der Waals surface area contributed by atoms with E-state index in [4.69, 9.17) is 11.6 Å². The van der Waals surface area contributed by atoms with E-state index in [-0.39, 0.29) is 30.0 Å². The van der Waals surface area contributed by atoms with E-state index >= 15 is 0 Å². The second-order valence-corrected chi connectivity index (χ2v) is 4.55. The summed E-state index contributed by atoms with van der Waals surface area (Å²) < 4.78 is 13.5. The quantitative estimate of drug-likeness (QED) is 0.880. The van der Waals surface area contributed by atoms with Gasteiger partial charge in [0.05, 0.1) is 11.7 Å². The minimum atomic E-state index is -0.512. The molecule has 1 amide bonds. The standard InChI is InChI=1S/C12H14ClFN2O.ClH/c13-8-4-5-10(9(14)7-8)16-12(17)11-3-1-2-6-15-11;/h4-5,7,11,15H,1-3,6H2,(H,16,17);1H. The molecule has 1 aliphatic rings. The summed E-state index contributed by atoms with van der Waals surface area (Å²) in [6.07, 6.45) is 2.90. The summed E-state index contributed by atoms with van der Waals surface area (Å²) in [5, 5.41) is 6.00. The van der Waals surface area contributed by atoms with Gasteiger partial charge in [0, 0.05) is 5.02 Å². The van der Waals surface area contributed by atoms with Gasteiger partial charge in [0.15, 0.2) is 0 Å². The average Bonchev–Trinajstić information content (AvgIpc) is 2.34. The fraction of sp³-hybridized carbons (Fsp3) is 0.417. The lowest BCUT2D eigenvalue weighted by Gasteiger charge is -2.22. The van der Waals surface area contributed by atoms with E-state index in [1.807, 2.05) is 0 Å².